The first-order valence-corrected chi connectivity index (χ1v) is 10.1. The summed E-state index contributed by atoms with van der Waals surface area (Å²) in [5, 5.41) is 4.19. The van der Waals surface area contributed by atoms with Crippen molar-refractivity contribution in [3.8, 4) is 11.3 Å². The lowest BCUT2D eigenvalue weighted by Crippen LogP contribution is -2.25. The minimum Gasteiger partial charge on any atom is -0.346 e. The third-order valence-corrected chi connectivity index (χ3v) is 5.78. The van der Waals surface area contributed by atoms with E-state index in [1.807, 2.05) is 16.7 Å². The number of carbonyl (C=O) groups excluding carboxylic acids is 1. The molecule has 4 nitrogen and oxygen atoms in total. The minimum atomic E-state index is -4.50. The van der Waals surface area contributed by atoms with Crippen molar-refractivity contribution >= 4 is 29.3 Å². The minimum absolute atomic E-state index is 0.0385. The van der Waals surface area contributed by atoms with Crippen LogP contribution in [0.2, 0.25) is 5.02 Å². The van der Waals surface area contributed by atoms with Crippen molar-refractivity contribution < 1.29 is 18.0 Å². The van der Waals surface area contributed by atoms with Crippen LogP contribution in [0.1, 0.15) is 21.6 Å². The number of imidazole rings is 1. The van der Waals surface area contributed by atoms with Crippen LogP contribution in [-0.4, -0.2) is 21.2 Å². The summed E-state index contributed by atoms with van der Waals surface area (Å²) in [5.74, 6) is 0.317. The molecule has 150 valence electrons. The zero-order valence-corrected chi connectivity index (χ0v) is 16.5. The molecule has 0 saturated carbocycles. The van der Waals surface area contributed by atoms with Gasteiger partial charge in [0, 0.05) is 28.4 Å². The molecule has 0 unspecified atom stereocenters. The molecule has 0 aliphatic carbocycles. The second-order valence-corrected chi connectivity index (χ2v) is 7.96. The van der Waals surface area contributed by atoms with Gasteiger partial charge in [0.05, 0.1) is 23.5 Å². The number of hydrogen-bond acceptors (Lipinski definition) is 3. The lowest BCUT2D eigenvalue weighted by molar-refractivity contribution is -0.137. The van der Waals surface area contributed by atoms with Gasteiger partial charge in [0.2, 0.25) is 0 Å². The second kappa shape index (κ2) is 7.76. The SMILES string of the molecule is O=C(NCc1c(-c2ccc(Cl)cc2)nc2n1CCS2)c1cccc(C(F)(F)F)c1. The van der Waals surface area contributed by atoms with Gasteiger partial charge in [0.25, 0.3) is 5.91 Å². The summed E-state index contributed by atoms with van der Waals surface area (Å²) in [4.78, 5) is 17.2. The van der Waals surface area contributed by atoms with Crippen LogP contribution in [0.25, 0.3) is 11.3 Å². The highest BCUT2D eigenvalue weighted by molar-refractivity contribution is 7.99. The monoisotopic (exact) mass is 437 g/mol. The number of hydrogen-bond donors (Lipinski definition) is 1. The second-order valence-electron chi connectivity index (χ2n) is 6.46. The maximum Gasteiger partial charge on any atom is 0.416 e. The van der Waals surface area contributed by atoms with Crippen LogP contribution in [0.15, 0.2) is 53.7 Å². The number of nitrogens with zero attached hydrogens (tertiary/aromatic N) is 2. The molecule has 0 saturated heterocycles. The first-order valence-electron chi connectivity index (χ1n) is 8.76. The Balaban J connectivity index is 1.59. The largest absolute Gasteiger partial charge is 0.416 e. The van der Waals surface area contributed by atoms with Crippen molar-refractivity contribution in [1.82, 2.24) is 14.9 Å². The van der Waals surface area contributed by atoms with Gasteiger partial charge in [-0.3, -0.25) is 4.79 Å². The summed E-state index contributed by atoms with van der Waals surface area (Å²) in [5.41, 5.74) is 1.51. The summed E-state index contributed by atoms with van der Waals surface area (Å²) in [6, 6.07) is 11.6. The van der Waals surface area contributed by atoms with E-state index < -0.39 is 17.6 Å². The molecular weight excluding hydrogens is 423 g/mol. The number of fused-ring (bicyclic) bond motifs is 1. The van der Waals surface area contributed by atoms with Gasteiger partial charge in [0.15, 0.2) is 5.16 Å². The van der Waals surface area contributed by atoms with E-state index in [-0.39, 0.29) is 12.1 Å². The normalized spacial score (nSPS) is 13.4. The van der Waals surface area contributed by atoms with Crippen LogP contribution < -0.4 is 5.32 Å². The Bertz CT molecular complexity index is 1060. The molecule has 29 heavy (non-hydrogen) atoms. The average Bonchev–Trinajstić information content (AvgIpc) is 3.28. The molecule has 2 aromatic carbocycles. The van der Waals surface area contributed by atoms with Crippen LogP contribution in [-0.2, 0) is 19.3 Å². The first-order chi connectivity index (χ1) is 13.8. The molecule has 1 aromatic heterocycles. The van der Waals surface area contributed by atoms with Crippen LogP contribution in [0, 0.1) is 0 Å². The number of amides is 1. The summed E-state index contributed by atoms with van der Waals surface area (Å²) in [6.07, 6.45) is -4.50. The van der Waals surface area contributed by atoms with Crippen LogP contribution in [0.5, 0.6) is 0 Å². The number of carbonyl (C=O) groups is 1. The van der Waals surface area contributed by atoms with E-state index in [2.05, 4.69) is 10.3 Å². The molecule has 0 radical (unpaired) electrons. The highest BCUT2D eigenvalue weighted by atomic mass is 35.5. The molecule has 0 fully saturated rings. The Labute approximate surface area is 174 Å². The van der Waals surface area contributed by atoms with E-state index in [0.717, 1.165) is 46.5 Å². The Morgan fingerprint density at radius 1 is 1.21 bits per heavy atom. The predicted octanol–water partition coefficient (Wildman–Crippen LogP) is 5.26. The van der Waals surface area contributed by atoms with E-state index in [1.165, 1.54) is 12.1 Å². The smallest absolute Gasteiger partial charge is 0.346 e. The van der Waals surface area contributed by atoms with Gasteiger partial charge in [-0.05, 0) is 30.3 Å². The lowest BCUT2D eigenvalue weighted by atomic mass is 10.1. The number of halogens is 4. The van der Waals surface area contributed by atoms with Gasteiger partial charge in [-0.1, -0.05) is 41.6 Å². The van der Waals surface area contributed by atoms with Crippen molar-refractivity contribution in [3.05, 3.63) is 70.4 Å². The maximum atomic E-state index is 12.9. The van der Waals surface area contributed by atoms with Gasteiger partial charge in [-0.2, -0.15) is 13.2 Å². The van der Waals surface area contributed by atoms with Gasteiger partial charge in [-0.25, -0.2) is 4.98 Å². The van der Waals surface area contributed by atoms with Crippen molar-refractivity contribution in [2.45, 2.75) is 24.4 Å². The summed E-state index contributed by atoms with van der Waals surface area (Å²) in [7, 11) is 0. The van der Waals surface area contributed by atoms with Gasteiger partial charge >= 0.3 is 6.18 Å². The number of nitrogens with one attached hydrogen (secondary N) is 1. The zero-order chi connectivity index (χ0) is 20.6. The number of rotatable bonds is 4. The third-order valence-electron chi connectivity index (χ3n) is 4.57. The van der Waals surface area contributed by atoms with Crippen LogP contribution in [0.3, 0.4) is 0 Å². The van der Waals surface area contributed by atoms with Crippen molar-refractivity contribution in [2.24, 2.45) is 0 Å². The van der Waals surface area contributed by atoms with E-state index in [4.69, 9.17) is 11.6 Å². The molecule has 2 heterocycles. The molecule has 1 aliphatic heterocycles. The molecule has 4 rings (SSSR count). The van der Waals surface area contributed by atoms with Gasteiger partial charge in [-0.15, -0.1) is 0 Å². The highest BCUT2D eigenvalue weighted by Gasteiger charge is 2.31. The van der Waals surface area contributed by atoms with E-state index in [9.17, 15) is 18.0 Å². The molecule has 9 heteroatoms. The highest BCUT2D eigenvalue weighted by Crippen LogP contribution is 2.34. The maximum absolute atomic E-state index is 12.9. The quantitative estimate of drug-likeness (QED) is 0.605. The van der Waals surface area contributed by atoms with Gasteiger partial charge < -0.3 is 9.88 Å². The van der Waals surface area contributed by atoms with E-state index >= 15 is 0 Å². The van der Waals surface area contributed by atoms with Crippen molar-refractivity contribution in [3.63, 3.8) is 0 Å². The zero-order valence-electron chi connectivity index (χ0n) is 15.0. The average molecular weight is 438 g/mol. The Hall–Kier alpha value is -2.45. The number of thioether (sulfide) groups is 1. The molecule has 0 atom stereocenters. The number of alkyl halides is 3. The molecule has 1 N–H and O–H groups in total. The first kappa shape index (κ1) is 19.8. The molecular formula is C20H15ClF3N3OS. The van der Waals surface area contributed by atoms with Gasteiger partial charge in [0.1, 0.15) is 0 Å². The fraction of sp³-hybridized carbons (Fsp3) is 0.200. The fourth-order valence-electron chi connectivity index (χ4n) is 3.15. The lowest BCUT2D eigenvalue weighted by Gasteiger charge is -2.11. The van der Waals surface area contributed by atoms with E-state index in [1.54, 1.807) is 23.9 Å². The standard InChI is InChI=1S/C20H15ClF3N3OS/c21-15-6-4-12(5-7-15)17-16(27-8-9-29-19(27)26-17)11-25-18(28)13-2-1-3-14(10-13)20(22,23)24/h1-7,10H,8-9,11H2,(H,25,28). The Kier molecular flexibility index (Phi) is 5.31. The fourth-order valence-corrected chi connectivity index (χ4v) is 4.25. The summed E-state index contributed by atoms with van der Waals surface area (Å²) in [6.45, 7) is 0.913. The van der Waals surface area contributed by atoms with Crippen LogP contribution >= 0.6 is 23.4 Å². The van der Waals surface area contributed by atoms with Crippen molar-refractivity contribution in [1.29, 1.82) is 0 Å². The number of aromatic nitrogens is 2. The Morgan fingerprint density at radius 3 is 2.69 bits per heavy atom. The van der Waals surface area contributed by atoms with Crippen LogP contribution in [0.4, 0.5) is 13.2 Å². The molecule has 1 aliphatic rings. The third kappa shape index (κ3) is 4.13. The molecule has 1 amide bonds. The number of benzene rings is 2. The Morgan fingerprint density at radius 2 is 1.97 bits per heavy atom. The topological polar surface area (TPSA) is 46.9 Å². The van der Waals surface area contributed by atoms with E-state index in [0.29, 0.717) is 5.02 Å². The predicted molar refractivity (Wildman–Crippen MR) is 106 cm³/mol. The molecule has 3 aromatic rings. The molecule has 0 bridgehead atoms. The molecule has 0 spiro atoms. The van der Waals surface area contributed by atoms with Crippen molar-refractivity contribution in [2.75, 3.05) is 5.75 Å². The summed E-state index contributed by atoms with van der Waals surface area (Å²) < 4.78 is 40.7. The summed E-state index contributed by atoms with van der Waals surface area (Å²) >= 11 is 7.59.